The molecule has 0 amide bonds. The van der Waals surface area contributed by atoms with Gasteiger partial charge in [0.05, 0.1) is 11.6 Å². The fourth-order valence-electron chi connectivity index (χ4n) is 3.50. The van der Waals surface area contributed by atoms with Gasteiger partial charge in [-0.1, -0.05) is 37.3 Å². The number of carbonyl (C=O) groups is 1. The molecule has 0 radical (unpaired) electrons. The first kappa shape index (κ1) is 15.6. The third-order valence-electron chi connectivity index (χ3n) is 4.64. The Labute approximate surface area is 144 Å². The molecule has 2 aromatic heterocycles. The lowest BCUT2D eigenvalue weighted by Crippen LogP contribution is -2.43. The van der Waals surface area contributed by atoms with Crippen molar-refractivity contribution in [2.45, 2.75) is 13.3 Å². The van der Waals surface area contributed by atoms with Gasteiger partial charge in [0.1, 0.15) is 12.1 Å². The average molecular weight is 337 g/mol. The highest BCUT2D eigenvalue weighted by Crippen LogP contribution is 2.29. The first-order chi connectivity index (χ1) is 12.1. The van der Waals surface area contributed by atoms with E-state index in [2.05, 4.69) is 26.9 Å². The number of hydrogen-bond acceptors (Lipinski definition) is 5. The van der Waals surface area contributed by atoms with Crippen molar-refractivity contribution in [3.63, 3.8) is 0 Å². The van der Waals surface area contributed by atoms with Crippen molar-refractivity contribution in [2.75, 3.05) is 18.0 Å². The number of piperidine rings is 1. The fraction of sp³-hybridized carbons (Fsp3) is 0.333. The second-order valence-corrected chi connectivity index (χ2v) is 6.62. The number of fused-ring (bicyclic) bond motifs is 1. The van der Waals surface area contributed by atoms with Gasteiger partial charge in [-0.3, -0.25) is 4.79 Å². The molecule has 1 saturated heterocycles. The van der Waals surface area contributed by atoms with Crippen LogP contribution in [0.25, 0.3) is 17.0 Å². The van der Waals surface area contributed by atoms with Crippen molar-refractivity contribution in [1.82, 2.24) is 19.6 Å². The van der Waals surface area contributed by atoms with Crippen LogP contribution in [0.2, 0.25) is 0 Å². The number of benzene rings is 1. The average Bonchev–Trinajstić information content (AvgIpc) is 3.09. The zero-order valence-electron chi connectivity index (χ0n) is 13.9. The van der Waals surface area contributed by atoms with Gasteiger partial charge in [-0.05, 0) is 12.3 Å². The van der Waals surface area contributed by atoms with E-state index in [1.54, 1.807) is 4.52 Å². The van der Waals surface area contributed by atoms with Gasteiger partial charge in [-0.2, -0.15) is 14.6 Å². The fourth-order valence-corrected chi connectivity index (χ4v) is 3.50. The van der Waals surface area contributed by atoms with E-state index < -0.39 is 5.97 Å². The number of aromatic nitrogens is 4. The standard InChI is InChI=1S/C18H19N5O2/c1-12-7-14(17(24)25)10-22(9-12)16-8-15(13-5-3-2-4-6-13)21-18-19-11-20-23(16)18/h2-6,8,11-12,14H,7,9-10H2,1H3,(H,24,25). The second-order valence-electron chi connectivity index (χ2n) is 6.62. The predicted molar refractivity (Wildman–Crippen MR) is 93.3 cm³/mol. The number of aliphatic carboxylic acids is 1. The van der Waals surface area contributed by atoms with Gasteiger partial charge >= 0.3 is 5.97 Å². The molecule has 0 saturated carbocycles. The van der Waals surface area contributed by atoms with Crippen LogP contribution in [0, 0.1) is 11.8 Å². The molecule has 1 N–H and O–H groups in total. The van der Waals surface area contributed by atoms with Gasteiger partial charge in [-0.15, -0.1) is 0 Å². The number of rotatable bonds is 3. The summed E-state index contributed by atoms with van der Waals surface area (Å²) in [6, 6.07) is 11.9. The third-order valence-corrected chi connectivity index (χ3v) is 4.64. The van der Waals surface area contributed by atoms with Gasteiger partial charge in [-0.25, -0.2) is 4.98 Å². The van der Waals surface area contributed by atoms with Crippen molar-refractivity contribution in [1.29, 1.82) is 0 Å². The lowest BCUT2D eigenvalue weighted by molar-refractivity contribution is -0.142. The molecule has 128 valence electrons. The zero-order valence-corrected chi connectivity index (χ0v) is 13.9. The number of nitrogens with zero attached hydrogens (tertiary/aromatic N) is 5. The van der Waals surface area contributed by atoms with Crippen LogP contribution in [-0.4, -0.2) is 43.7 Å². The topological polar surface area (TPSA) is 83.6 Å². The molecule has 0 bridgehead atoms. The van der Waals surface area contributed by atoms with Crippen LogP contribution in [0.15, 0.2) is 42.7 Å². The van der Waals surface area contributed by atoms with Gasteiger partial charge in [0.15, 0.2) is 0 Å². The van der Waals surface area contributed by atoms with E-state index in [0.29, 0.717) is 24.7 Å². The molecule has 0 spiro atoms. The van der Waals surface area contributed by atoms with Gasteiger partial charge in [0, 0.05) is 24.7 Å². The Bertz CT molecular complexity index is 908. The minimum absolute atomic E-state index is 0.293. The molecule has 7 heteroatoms. The van der Waals surface area contributed by atoms with Gasteiger partial charge < -0.3 is 10.0 Å². The van der Waals surface area contributed by atoms with Crippen molar-refractivity contribution >= 4 is 17.6 Å². The number of carboxylic acids is 1. The molecule has 3 aromatic rings. The Morgan fingerprint density at radius 2 is 2.04 bits per heavy atom. The van der Waals surface area contributed by atoms with Crippen LogP contribution >= 0.6 is 0 Å². The van der Waals surface area contributed by atoms with Crippen LogP contribution < -0.4 is 4.90 Å². The van der Waals surface area contributed by atoms with Crippen molar-refractivity contribution < 1.29 is 9.90 Å². The third kappa shape index (κ3) is 2.93. The zero-order chi connectivity index (χ0) is 17.4. The molecule has 2 atom stereocenters. The van der Waals surface area contributed by atoms with Gasteiger partial charge in [0.25, 0.3) is 5.78 Å². The lowest BCUT2D eigenvalue weighted by Gasteiger charge is -2.36. The van der Waals surface area contributed by atoms with E-state index in [-0.39, 0.29) is 5.92 Å². The molecule has 25 heavy (non-hydrogen) atoms. The van der Waals surface area contributed by atoms with Crippen molar-refractivity contribution in [3.05, 3.63) is 42.7 Å². The number of hydrogen-bond donors (Lipinski definition) is 1. The molecule has 3 heterocycles. The Morgan fingerprint density at radius 3 is 2.80 bits per heavy atom. The van der Waals surface area contributed by atoms with Crippen LogP contribution in [-0.2, 0) is 4.79 Å². The maximum Gasteiger partial charge on any atom is 0.308 e. The molecule has 1 aliphatic heterocycles. The SMILES string of the molecule is CC1CC(C(=O)O)CN(c2cc(-c3ccccc3)nc3ncnn23)C1. The Morgan fingerprint density at radius 1 is 1.24 bits per heavy atom. The van der Waals surface area contributed by atoms with E-state index in [9.17, 15) is 9.90 Å². The summed E-state index contributed by atoms with van der Waals surface area (Å²) < 4.78 is 1.68. The highest BCUT2D eigenvalue weighted by atomic mass is 16.4. The Hall–Kier alpha value is -2.96. The molecule has 1 aromatic carbocycles. The summed E-state index contributed by atoms with van der Waals surface area (Å²) in [5, 5.41) is 13.7. The van der Waals surface area contributed by atoms with Gasteiger partial charge in [0.2, 0.25) is 0 Å². The summed E-state index contributed by atoms with van der Waals surface area (Å²) in [7, 11) is 0. The largest absolute Gasteiger partial charge is 0.481 e. The molecule has 7 nitrogen and oxygen atoms in total. The van der Waals surface area contributed by atoms with Crippen LogP contribution in [0.3, 0.4) is 0 Å². The summed E-state index contributed by atoms with van der Waals surface area (Å²) >= 11 is 0. The molecular weight excluding hydrogens is 318 g/mol. The lowest BCUT2D eigenvalue weighted by atomic mass is 9.90. The maximum absolute atomic E-state index is 11.5. The van der Waals surface area contributed by atoms with E-state index in [1.807, 2.05) is 36.4 Å². The summed E-state index contributed by atoms with van der Waals surface area (Å²) in [6.07, 6.45) is 2.17. The highest BCUT2D eigenvalue weighted by molar-refractivity contribution is 5.72. The van der Waals surface area contributed by atoms with Crippen LogP contribution in [0.5, 0.6) is 0 Å². The van der Waals surface area contributed by atoms with E-state index in [0.717, 1.165) is 23.6 Å². The summed E-state index contributed by atoms with van der Waals surface area (Å²) in [6.45, 7) is 3.34. The van der Waals surface area contributed by atoms with Crippen LogP contribution in [0.1, 0.15) is 13.3 Å². The number of anilines is 1. The smallest absolute Gasteiger partial charge is 0.308 e. The normalized spacial score (nSPS) is 20.8. The Balaban J connectivity index is 1.80. The van der Waals surface area contributed by atoms with E-state index in [4.69, 9.17) is 0 Å². The molecule has 4 rings (SSSR count). The van der Waals surface area contributed by atoms with Crippen molar-refractivity contribution in [2.24, 2.45) is 11.8 Å². The summed E-state index contributed by atoms with van der Waals surface area (Å²) in [5.41, 5.74) is 1.80. The molecular formula is C18H19N5O2. The Kier molecular flexibility index (Phi) is 3.83. The molecule has 1 fully saturated rings. The predicted octanol–water partition coefficient (Wildman–Crippen LogP) is 2.34. The highest BCUT2D eigenvalue weighted by Gasteiger charge is 2.31. The molecule has 2 unspecified atom stereocenters. The van der Waals surface area contributed by atoms with Crippen LogP contribution in [0.4, 0.5) is 5.82 Å². The monoisotopic (exact) mass is 337 g/mol. The number of carboxylic acid groups (broad SMARTS) is 1. The summed E-state index contributed by atoms with van der Waals surface area (Å²) in [4.78, 5) is 22.4. The van der Waals surface area contributed by atoms with Crippen molar-refractivity contribution in [3.8, 4) is 11.3 Å². The van der Waals surface area contributed by atoms with E-state index in [1.165, 1.54) is 6.33 Å². The first-order valence-electron chi connectivity index (χ1n) is 8.36. The first-order valence-corrected chi connectivity index (χ1v) is 8.36. The minimum Gasteiger partial charge on any atom is -0.481 e. The van der Waals surface area contributed by atoms with E-state index >= 15 is 0 Å². The second kappa shape index (κ2) is 6.16. The quantitative estimate of drug-likeness (QED) is 0.790. The minimum atomic E-state index is -0.747. The maximum atomic E-state index is 11.5. The molecule has 1 aliphatic rings. The summed E-state index contributed by atoms with van der Waals surface area (Å²) in [5.74, 6) is 0.516. The molecule has 0 aliphatic carbocycles.